The molecule has 4 heteroatoms. The summed E-state index contributed by atoms with van der Waals surface area (Å²) in [5.41, 5.74) is 1.60. The highest BCUT2D eigenvalue weighted by Gasteiger charge is 2.15. The van der Waals surface area contributed by atoms with Gasteiger partial charge in [0.2, 0.25) is 0 Å². The molecule has 0 bridgehead atoms. The third-order valence-corrected chi connectivity index (χ3v) is 3.08. The summed E-state index contributed by atoms with van der Waals surface area (Å²) in [5.74, 6) is -0.299. The van der Waals surface area contributed by atoms with Crippen molar-refractivity contribution in [2.45, 2.75) is 6.04 Å². The quantitative estimate of drug-likeness (QED) is 0.940. The molecule has 2 nitrogen and oxygen atoms in total. The van der Waals surface area contributed by atoms with Crippen molar-refractivity contribution in [3.05, 3.63) is 64.1 Å². The Hall–Kier alpha value is -1.26. The van der Waals surface area contributed by atoms with Gasteiger partial charge in [0.15, 0.2) is 0 Å². The van der Waals surface area contributed by atoms with Crippen molar-refractivity contribution in [3.8, 4) is 0 Å². The molecule has 0 aliphatic heterocycles. The van der Waals surface area contributed by atoms with Crippen molar-refractivity contribution in [3.63, 3.8) is 0 Å². The summed E-state index contributed by atoms with van der Waals surface area (Å²) in [7, 11) is 1.81. The van der Waals surface area contributed by atoms with Crippen LogP contribution >= 0.6 is 15.9 Å². The highest BCUT2D eigenvalue weighted by molar-refractivity contribution is 9.10. The largest absolute Gasteiger partial charge is 0.309 e. The van der Waals surface area contributed by atoms with Crippen LogP contribution in [0.2, 0.25) is 0 Å². The maximum Gasteiger partial charge on any atom is 0.146 e. The molecule has 0 radical (unpaired) electrons. The van der Waals surface area contributed by atoms with Gasteiger partial charge in [0.05, 0.1) is 12.2 Å². The van der Waals surface area contributed by atoms with Crippen molar-refractivity contribution in [1.82, 2.24) is 10.3 Å². The molecule has 2 rings (SSSR count). The second-order valence-electron chi connectivity index (χ2n) is 3.67. The SMILES string of the molecule is CNC(c1cccc(Br)c1)c1ccncc1F. The summed E-state index contributed by atoms with van der Waals surface area (Å²) in [6.45, 7) is 0. The lowest BCUT2D eigenvalue weighted by atomic mass is 9.99. The fourth-order valence-electron chi connectivity index (χ4n) is 1.81. The Morgan fingerprint density at radius 3 is 2.82 bits per heavy atom. The van der Waals surface area contributed by atoms with Crippen LogP contribution in [0, 0.1) is 5.82 Å². The Kier molecular flexibility index (Phi) is 3.86. The molecule has 0 amide bonds. The number of benzene rings is 1. The van der Waals surface area contributed by atoms with E-state index in [2.05, 4.69) is 26.2 Å². The summed E-state index contributed by atoms with van der Waals surface area (Å²) < 4.78 is 14.7. The van der Waals surface area contributed by atoms with Gasteiger partial charge in [0.1, 0.15) is 5.82 Å². The van der Waals surface area contributed by atoms with Crippen molar-refractivity contribution in [1.29, 1.82) is 0 Å². The van der Waals surface area contributed by atoms with Crippen LogP contribution in [-0.4, -0.2) is 12.0 Å². The van der Waals surface area contributed by atoms with Crippen LogP contribution < -0.4 is 5.32 Å². The highest BCUT2D eigenvalue weighted by atomic mass is 79.9. The fraction of sp³-hybridized carbons (Fsp3) is 0.154. The highest BCUT2D eigenvalue weighted by Crippen LogP contribution is 2.25. The zero-order valence-corrected chi connectivity index (χ0v) is 10.9. The first-order valence-electron chi connectivity index (χ1n) is 5.24. The molecule has 1 aromatic carbocycles. The Balaban J connectivity index is 2.44. The summed E-state index contributed by atoms with van der Waals surface area (Å²) in [6.07, 6.45) is 2.83. The van der Waals surface area contributed by atoms with Gasteiger partial charge < -0.3 is 5.32 Å². The van der Waals surface area contributed by atoms with E-state index in [0.717, 1.165) is 10.0 Å². The summed E-state index contributed by atoms with van der Waals surface area (Å²) in [6, 6.07) is 9.34. The van der Waals surface area contributed by atoms with Gasteiger partial charge in [-0.05, 0) is 30.8 Å². The summed E-state index contributed by atoms with van der Waals surface area (Å²) >= 11 is 3.42. The molecular formula is C13H12BrFN2. The number of nitrogens with zero attached hydrogens (tertiary/aromatic N) is 1. The maximum atomic E-state index is 13.7. The van der Waals surface area contributed by atoms with E-state index in [0.29, 0.717) is 5.56 Å². The van der Waals surface area contributed by atoms with Crippen LogP contribution in [0.3, 0.4) is 0 Å². The molecule has 0 spiro atoms. The van der Waals surface area contributed by atoms with E-state index in [4.69, 9.17) is 0 Å². The van der Waals surface area contributed by atoms with Gasteiger partial charge in [-0.15, -0.1) is 0 Å². The zero-order valence-electron chi connectivity index (χ0n) is 9.32. The van der Waals surface area contributed by atoms with Crippen molar-refractivity contribution < 1.29 is 4.39 Å². The van der Waals surface area contributed by atoms with Gasteiger partial charge in [-0.1, -0.05) is 28.1 Å². The van der Waals surface area contributed by atoms with E-state index in [-0.39, 0.29) is 11.9 Å². The Morgan fingerprint density at radius 1 is 1.35 bits per heavy atom. The maximum absolute atomic E-state index is 13.7. The standard InChI is InChI=1S/C13H12BrFN2/c1-16-13(9-3-2-4-10(14)7-9)11-5-6-17-8-12(11)15/h2-8,13,16H,1H3. The van der Waals surface area contributed by atoms with Gasteiger partial charge in [-0.3, -0.25) is 4.98 Å². The second-order valence-corrected chi connectivity index (χ2v) is 4.59. The molecule has 0 aliphatic carbocycles. The average molecular weight is 295 g/mol. The molecule has 17 heavy (non-hydrogen) atoms. The fourth-order valence-corrected chi connectivity index (χ4v) is 2.22. The number of halogens is 2. The number of hydrogen-bond donors (Lipinski definition) is 1. The Bertz CT molecular complexity index is 516. The van der Waals surface area contributed by atoms with Crippen LogP contribution in [0.15, 0.2) is 47.2 Å². The van der Waals surface area contributed by atoms with E-state index in [1.165, 1.54) is 6.20 Å². The second kappa shape index (κ2) is 5.38. The molecule has 0 saturated carbocycles. The van der Waals surface area contributed by atoms with E-state index >= 15 is 0 Å². The van der Waals surface area contributed by atoms with Crippen LogP contribution in [0.4, 0.5) is 4.39 Å². The van der Waals surface area contributed by atoms with Gasteiger partial charge in [-0.2, -0.15) is 0 Å². The Labute approximate surface area is 108 Å². The summed E-state index contributed by atoms with van der Waals surface area (Å²) in [5, 5.41) is 3.11. The van der Waals surface area contributed by atoms with Crippen molar-refractivity contribution >= 4 is 15.9 Å². The van der Waals surface area contributed by atoms with E-state index < -0.39 is 0 Å². The van der Waals surface area contributed by atoms with E-state index in [1.54, 1.807) is 12.3 Å². The topological polar surface area (TPSA) is 24.9 Å². The number of aromatic nitrogens is 1. The predicted molar refractivity (Wildman–Crippen MR) is 69.2 cm³/mol. The molecule has 0 aliphatic rings. The minimum absolute atomic E-state index is 0.171. The van der Waals surface area contributed by atoms with Gasteiger partial charge >= 0.3 is 0 Å². The number of pyridine rings is 1. The molecule has 1 aromatic heterocycles. The molecule has 1 heterocycles. The lowest BCUT2D eigenvalue weighted by Crippen LogP contribution is -2.19. The molecule has 2 aromatic rings. The minimum Gasteiger partial charge on any atom is -0.309 e. The third-order valence-electron chi connectivity index (χ3n) is 2.59. The molecule has 1 atom stereocenters. The average Bonchev–Trinajstić information content (AvgIpc) is 2.33. The molecule has 1 N–H and O–H groups in total. The van der Waals surface area contributed by atoms with Crippen molar-refractivity contribution in [2.24, 2.45) is 0 Å². The molecule has 0 saturated heterocycles. The van der Waals surface area contributed by atoms with Crippen LogP contribution in [-0.2, 0) is 0 Å². The first kappa shape index (κ1) is 12.2. The van der Waals surface area contributed by atoms with E-state index in [1.807, 2.05) is 31.3 Å². The lowest BCUT2D eigenvalue weighted by Gasteiger charge is -2.17. The number of nitrogens with one attached hydrogen (secondary N) is 1. The number of hydrogen-bond acceptors (Lipinski definition) is 2. The third kappa shape index (κ3) is 2.70. The monoisotopic (exact) mass is 294 g/mol. The Morgan fingerprint density at radius 2 is 2.18 bits per heavy atom. The van der Waals surface area contributed by atoms with Crippen LogP contribution in [0.1, 0.15) is 17.2 Å². The molecular weight excluding hydrogens is 283 g/mol. The normalized spacial score (nSPS) is 12.4. The van der Waals surface area contributed by atoms with Crippen LogP contribution in [0.5, 0.6) is 0 Å². The van der Waals surface area contributed by atoms with Crippen LogP contribution in [0.25, 0.3) is 0 Å². The smallest absolute Gasteiger partial charge is 0.146 e. The zero-order chi connectivity index (χ0) is 12.3. The first-order chi connectivity index (χ1) is 8.22. The lowest BCUT2D eigenvalue weighted by molar-refractivity contribution is 0.570. The van der Waals surface area contributed by atoms with Crippen molar-refractivity contribution in [2.75, 3.05) is 7.05 Å². The molecule has 0 fully saturated rings. The number of rotatable bonds is 3. The summed E-state index contributed by atoms with van der Waals surface area (Å²) in [4.78, 5) is 3.76. The van der Waals surface area contributed by atoms with Gasteiger partial charge in [0.25, 0.3) is 0 Å². The minimum atomic E-state index is -0.299. The molecule has 88 valence electrons. The van der Waals surface area contributed by atoms with Gasteiger partial charge in [-0.25, -0.2) is 4.39 Å². The molecule has 1 unspecified atom stereocenters. The predicted octanol–water partition coefficient (Wildman–Crippen LogP) is 3.29. The van der Waals surface area contributed by atoms with E-state index in [9.17, 15) is 4.39 Å². The van der Waals surface area contributed by atoms with Gasteiger partial charge in [0, 0.05) is 16.2 Å². The first-order valence-corrected chi connectivity index (χ1v) is 6.04.